The molecule has 1 saturated carbocycles. The molecule has 1 atom stereocenters. The Kier molecular flexibility index (Phi) is 6.79. The van der Waals surface area contributed by atoms with Crippen LogP contribution < -0.4 is 5.56 Å². The maximum Gasteiger partial charge on any atom is 0.256 e. The number of halogens is 2. The van der Waals surface area contributed by atoms with E-state index in [9.17, 15) is 14.7 Å². The zero-order valence-corrected chi connectivity index (χ0v) is 22.7. The van der Waals surface area contributed by atoms with Crippen molar-refractivity contribution in [1.82, 2.24) is 14.9 Å². The van der Waals surface area contributed by atoms with Gasteiger partial charge in [0.05, 0.1) is 23.2 Å². The third-order valence-corrected chi connectivity index (χ3v) is 8.25. The number of H-pyrrole nitrogens is 1. The van der Waals surface area contributed by atoms with Crippen molar-refractivity contribution in [3.63, 3.8) is 0 Å². The van der Waals surface area contributed by atoms with Crippen LogP contribution in [0.15, 0.2) is 77.6 Å². The first-order chi connectivity index (χ1) is 18.8. The number of hydrogen-bond acceptors (Lipinski definition) is 4. The summed E-state index contributed by atoms with van der Waals surface area (Å²) in [5.41, 5.74) is 4.26. The Labute approximate surface area is 236 Å². The third kappa shape index (κ3) is 5.00. The van der Waals surface area contributed by atoms with Crippen molar-refractivity contribution >= 4 is 29.1 Å². The van der Waals surface area contributed by atoms with Crippen LogP contribution in [0.25, 0.3) is 11.1 Å². The number of carbonyl (C=O) groups excluding carboxylic acids is 1. The lowest BCUT2D eigenvalue weighted by molar-refractivity contribution is -0.141. The van der Waals surface area contributed by atoms with E-state index in [1.165, 1.54) is 4.90 Å². The molecule has 8 heteroatoms. The maximum absolute atomic E-state index is 13.4. The van der Waals surface area contributed by atoms with Gasteiger partial charge in [-0.25, -0.2) is 4.98 Å². The van der Waals surface area contributed by atoms with Crippen LogP contribution in [0.1, 0.15) is 53.6 Å². The molecule has 1 aliphatic heterocycles. The zero-order valence-electron chi connectivity index (χ0n) is 21.2. The molecule has 2 aliphatic rings. The molecule has 198 valence electrons. The first-order valence-electron chi connectivity index (χ1n) is 13.1. The van der Waals surface area contributed by atoms with Gasteiger partial charge in [0, 0.05) is 16.6 Å². The summed E-state index contributed by atoms with van der Waals surface area (Å²) in [6, 6.07) is 22.7. The number of amides is 1. The molecule has 1 unspecified atom stereocenters. The zero-order chi connectivity index (χ0) is 27.1. The number of aliphatic hydroxyl groups is 1. The summed E-state index contributed by atoms with van der Waals surface area (Å²) in [7, 11) is 0. The Hall–Kier alpha value is -3.45. The number of benzene rings is 3. The van der Waals surface area contributed by atoms with E-state index >= 15 is 0 Å². The summed E-state index contributed by atoms with van der Waals surface area (Å²) < 4.78 is 0. The Balaban J connectivity index is 1.29. The molecule has 1 aromatic heterocycles. The number of aromatic nitrogens is 2. The van der Waals surface area contributed by atoms with Gasteiger partial charge in [-0.2, -0.15) is 0 Å². The number of nitrogens with zero attached hydrogens (tertiary/aromatic N) is 2. The Morgan fingerprint density at radius 3 is 2.38 bits per heavy atom. The van der Waals surface area contributed by atoms with Crippen LogP contribution >= 0.6 is 23.2 Å². The maximum atomic E-state index is 13.4. The molecule has 2 heterocycles. The molecule has 3 aromatic carbocycles. The first kappa shape index (κ1) is 25.8. The van der Waals surface area contributed by atoms with E-state index < -0.39 is 12.0 Å². The summed E-state index contributed by atoms with van der Waals surface area (Å²) >= 11 is 12.3. The summed E-state index contributed by atoms with van der Waals surface area (Å²) in [6.45, 7) is 0.528. The fourth-order valence-electron chi connectivity index (χ4n) is 5.48. The standard InChI is InChI=1S/C31H27Cl2N3O3/c32-23-9-2-6-20(16-23)19-5-1-8-22(15-19)31(12-13-31)30-34-26-11-4-14-36(18-25(26)28(38)35-30)29(39)27(37)21-7-3-10-24(33)17-21/h1-3,5-10,15-17,27,37H,4,11-14,18H2,(H,34,35,38). The molecule has 1 fully saturated rings. The van der Waals surface area contributed by atoms with Gasteiger partial charge in [0.15, 0.2) is 6.10 Å². The van der Waals surface area contributed by atoms with Crippen molar-refractivity contribution in [2.75, 3.05) is 6.54 Å². The van der Waals surface area contributed by atoms with Gasteiger partial charge in [-0.15, -0.1) is 0 Å². The van der Waals surface area contributed by atoms with Gasteiger partial charge >= 0.3 is 0 Å². The van der Waals surface area contributed by atoms with Gasteiger partial charge in [0.2, 0.25) is 0 Å². The van der Waals surface area contributed by atoms with Crippen molar-refractivity contribution in [3.05, 3.63) is 121 Å². The molecule has 39 heavy (non-hydrogen) atoms. The molecule has 4 aromatic rings. The van der Waals surface area contributed by atoms with Gasteiger partial charge in [0.1, 0.15) is 5.82 Å². The van der Waals surface area contributed by atoms with E-state index in [2.05, 4.69) is 23.2 Å². The molecular weight excluding hydrogens is 533 g/mol. The highest BCUT2D eigenvalue weighted by atomic mass is 35.5. The van der Waals surface area contributed by atoms with Crippen LogP contribution in [0.2, 0.25) is 10.0 Å². The van der Waals surface area contributed by atoms with Gasteiger partial charge in [-0.3, -0.25) is 9.59 Å². The Morgan fingerprint density at radius 1 is 0.974 bits per heavy atom. The van der Waals surface area contributed by atoms with Crippen molar-refractivity contribution in [2.45, 2.75) is 43.7 Å². The number of hydrogen-bond donors (Lipinski definition) is 2. The highest BCUT2D eigenvalue weighted by Crippen LogP contribution is 2.52. The number of aromatic amines is 1. The number of rotatable bonds is 5. The smallest absolute Gasteiger partial charge is 0.256 e. The van der Waals surface area contributed by atoms with E-state index in [1.807, 2.05) is 30.3 Å². The first-order valence-corrected chi connectivity index (χ1v) is 13.8. The van der Waals surface area contributed by atoms with Crippen LogP contribution in [0.4, 0.5) is 0 Å². The Bertz CT molecular complexity index is 1630. The fraction of sp³-hybridized carbons (Fsp3) is 0.258. The lowest BCUT2D eigenvalue weighted by atomic mass is 9.91. The second-order valence-corrected chi connectivity index (χ2v) is 11.2. The minimum atomic E-state index is -1.35. The molecular formula is C31H27Cl2N3O3. The normalized spacial score (nSPS) is 16.7. The summed E-state index contributed by atoms with van der Waals surface area (Å²) in [5.74, 6) is 0.221. The van der Waals surface area contributed by atoms with Crippen LogP contribution in [0.5, 0.6) is 0 Å². The molecule has 0 spiro atoms. The molecule has 2 N–H and O–H groups in total. The molecule has 6 rings (SSSR count). The Morgan fingerprint density at radius 2 is 1.67 bits per heavy atom. The lowest BCUT2D eigenvalue weighted by Crippen LogP contribution is -2.36. The van der Waals surface area contributed by atoms with E-state index in [1.54, 1.807) is 24.3 Å². The molecule has 0 radical (unpaired) electrons. The molecule has 1 amide bonds. The third-order valence-electron chi connectivity index (χ3n) is 7.78. The number of aryl methyl sites for hydroxylation is 1. The molecule has 6 nitrogen and oxygen atoms in total. The molecule has 0 saturated heterocycles. The van der Waals surface area contributed by atoms with Crippen molar-refractivity contribution in [1.29, 1.82) is 0 Å². The van der Waals surface area contributed by atoms with E-state index in [0.717, 1.165) is 35.2 Å². The second kappa shape index (κ2) is 10.3. The quantitative estimate of drug-likeness (QED) is 0.322. The van der Waals surface area contributed by atoms with Crippen molar-refractivity contribution < 1.29 is 9.90 Å². The second-order valence-electron chi connectivity index (χ2n) is 10.3. The number of nitrogens with one attached hydrogen (secondary N) is 1. The van der Waals surface area contributed by atoms with Crippen LogP contribution in [0, 0.1) is 0 Å². The SMILES string of the molecule is O=C(C(O)c1cccc(Cl)c1)N1CCCc2nc(C3(c4cccc(-c5cccc(Cl)c5)c4)CC3)[nH]c(=O)c2C1. The van der Waals surface area contributed by atoms with Crippen LogP contribution in [0.3, 0.4) is 0 Å². The molecule has 0 bridgehead atoms. The predicted molar refractivity (Wildman–Crippen MR) is 152 cm³/mol. The average Bonchev–Trinajstić information content (AvgIpc) is 3.77. The van der Waals surface area contributed by atoms with Crippen LogP contribution in [-0.4, -0.2) is 32.4 Å². The van der Waals surface area contributed by atoms with E-state index in [4.69, 9.17) is 28.2 Å². The summed E-state index contributed by atoms with van der Waals surface area (Å²) in [6.07, 6.45) is 1.67. The largest absolute Gasteiger partial charge is 0.378 e. The summed E-state index contributed by atoms with van der Waals surface area (Å²) in [4.78, 5) is 36.1. The van der Waals surface area contributed by atoms with Gasteiger partial charge < -0.3 is 15.0 Å². The van der Waals surface area contributed by atoms with Crippen molar-refractivity contribution in [3.8, 4) is 11.1 Å². The van der Waals surface area contributed by atoms with Gasteiger partial charge in [-0.1, -0.05) is 71.7 Å². The summed E-state index contributed by atoms with van der Waals surface area (Å²) in [5, 5.41) is 11.9. The highest BCUT2D eigenvalue weighted by molar-refractivity contribution is 6.31. The fourth-order valence-corrected chi connectivity index (χ4v) is 5.87. The number of carbonyl (C=O) groups is 1. The van der Waals surface area contributed by atoms with E-state index in [0.29, 0.717) is 46.4 Å². The number of aliphatic hydroxyl groups excluding tert-OH is 1. The minimum Gasteiger partial charge on any atom is -0.378 e. The topological polar surface area (TPSA) is 86.3 Å². The minimum absolute atomic E-state index is 0.103. The average molecular weight is 560 g/mol. The monoisotopic (exact) mass is 559 g/mol. The van der Waals surface area contributed by atoms with Crippen molar-refractivity contribution in [2.24, 2.45) is 0 Å². The van der Waals surface area contributed by atoms with Crippen LogP contribution in [-0.2, 0) is 23.2 Å². The predicted octanol–water partition coefficient (Wildman–Crippen LogP) is 5.83. The lowest BCUT2D eigenvalue weighted by Gasteiger charge is -2.24. The molecule has 1 aliphatic carbocycles. The number of fused-ring (bicyclic) bond motifs is 1. The van der Waals surface area contributed by atoms with E-state index in [-0.39, 0.29) is 17.5 Å². The van der Waals surface area contributed by atoms with Gasteiger partial charge in [0.25, 0.3) is 11.5 Å². The highest BCUT2D eigenvalue weighted by Gasteiger charge is 2.49. The van der Waals surface area contributed by atoms with Gasteiger partial charge in [-0.05, 0) is 72.2 Å².